The number of nitrogens with zero attached hydrogens (tertiary/aromatic N) is 1. The molecule has 0 atom stereocenters. The molecule has 88 valence electrons. The quantitative estimate of drug-likeness (QED) is 0.719. The third kappa shape index (κ3) is 5.34. The summed E-state index contributed by atoms with van der Waals surface area (Å²) in [6.45, 7) is 3.46. The largest absolute Gasteiger partial charge is 0.338 e. The van der Waals surface area contributed by atoms with Crippen LogP contribution in [-0.4, -0.2) is 24.1 Å². The predicted molar refractivity (Wildman–Crippen MR) is 64.3 cm³/mol. The maximum atomic E-state index is 11.2. The van der Waals surface area contributed by atoms with Crippen LogP contribution in [0.3, 0.4) is 0 Å². The van der Waals surface area contributed by atoms with Crippen molar-refractivity contribution in [2.24, 2.45) is 0 Å². The summed E-state index contributed by atoms with van der Waals surface area (Å²) in [6, 6.07) is 3.90. The summed E-state index contributed by atoms with van der Waals surface area (Å²) in [4.78, 5) is 15.2. The highest BCUT2D eigenvalue weighted by Gasteiger charge is 1.97. The second kappa shape index (κ2) is 7.68. The van der Waals surface area contributed by atoms with Crippen LogP contribution in [0.25, 0.3) is 0 Å². The van der Waals surface area contributed by atoms with Crippen molar-refractivity contribution < 1.29 is 4.79 Å². The first kappa shape index (κ1) is 12.5. The minimum absolute atomic E-state index is 0.0759. The van der Waals surface area contributed by atoms with Crippen molar-refractivity contribution in [3.05, 3.63) is 30.1 Å². The molecule has 0 saturated heterocycles. The van der Waals surface area contributed by atoms with Gasteiger partial charge in [0.15, 0.2) is 0 Å². The lowest BCUT2D eigenvalue weighted by Crippen LogP contribution is -2.36. The second-order valence-electron chi connectivity index (χ2n) is 3.65. The Hall–Kier alpha value is -1.58. The summed E-state index contributed by atoms with van der Waals surface area (Å²) in [5.41, 5.74) is 1.21. The molecular weight excluding hydrogens is 202 g/mol. The molecule has 2 amide bonds. The molecule has 1 aromatic rings. The zero-order valence-corrected chi connectivity index (χ0v) is 9.70. The lowest BCUT2D eigenvalue weighted by Gasteiger charge is -2.06. The fourth-order valence-corrected chi connectivity index (χ4v) is 1.34. The molecular formula is C12H19N3O. The van der Waals surface area contributed by atoms with Crippen LogP contribution in [0.5, 0.6) is 0 Å². The monoisotopic (exact) mass is 221 g/mol. The molecule has 0 aliphatic heterocycles. The van der Waals surface area contributed by atoms with Crippen molar-refractivity contribution in [3.63, 3.8) is 0 Å². The normalized spacial score (nSPS) is 9.81. The van der Waals surface area contributed by atoms with Crippen molar-refractivity contribution in [3.8, 4) is 0 Å². The molecule has 1 heterocycles. The topological polar surface area (TPSA) is 54.0 Å². The molecule has 0 fully saturated rings. The number of aryl methyl sites for hydroxylation is 1. The maximum absolute atomic E-state index is 11.2. The van der Waals surface area contributed by atoms with E-state index in [0.29, 0.717) is 6.54 Å². The molecule has 2 N–H and O–H groups in total. The zero-order valence-electron chi connectivity index (χ0n) is 9.70. The molecule has 4 heteroatoms. The number of carbonyl (C=O) groups is 1. The Labute approximate surface area is 96.5 Å². The zero-order chi connectivity index (χ0) is 11.6. The third-order valence-electron chi connectivity index (χ3n) is 2.19. The van der Waals surface area contributed by atoms with Gasteiger partial charge in [-0.25, -0.2) is 4.79 Å². The third-order valence-corrected chi connectivity index (χ3v) is 2.19. The van der Waals surface area contributed by atoms with E-state index in [0.717, 1.165) is 25.8 Å². The van der Waals surface area contributed by atoms with Gasteiger partial charge in [0, 0.05) is 25.5 Å². The van der Waals surface area contributed by atoms with Gasteiger partial charge in [0.05, 0.1) is 0 Å². The van der Waals surface area contributed by atoms with Gasteiger partial charge in [0.25, 0.3) is 0 Å². The Morgan fingerprint density at radius 2 is 2.19 bits per heavy atom. The standard InChI is InChI=1S/C12H19N3O/c1-2-7-14-12(16)15-9-4-6-11-5-3-8-13-10-11/h3,5,8,10H,2,4,6-7,9H2,1H3,(H2,14,15,16). The van der Waals surface area contributed by atoms with E-state index in [-0.39, 0.29) is 6.03 Å². The van der Waals surface area contributed by atoms with Gasteiger partial charge < -0.3 is 10.6 Å². The van der Waals surface area contributed by atoms with Crippen molar-refractivity contribution in [2.75, 3.05) is 13.1 Å². The number of urea groups is 1. The van der Waals surface area contributed by atoms with Gasteiger partial charge in [-0.05, 0) is 30.9 Å². The number of hydrogen-bond donors (Lipinski definition) is 2. The summed E-state index contributed by atoms with van der Waals surface area (Å²) in [5, 5.41) is 5.59. The van der Waals surface area contributed by atoms with Gasteiger partial charge in [-0.3, -0.25) is 4.98 Å². The van der Waals surface area contributed by atoms with E-state index in [1.165, 1.54) is 5.56 Å². The van der Waals surface area contributed by atoms with Gasteiger partial charge in [-0.1, -0.05) is 13.0 Å². The Morgan fingerprint density at radius 1 is 1.38 bits per heavy atom. The van der Waals surface area contributed by atoms with Crippen LogP contribution >= 0.6 is 0 Å². The Balaban J connectivity index is 2.06. The van der Waals surface area contributed by atoms with Crippen LogP contribution in [0.4, 0.5) is 4.79 Å². The molecule has 0 aromatic carbocycles. The Morgan fingerprint density at radius 3 is 2.88 bits per heavy atom. The number of rotatable bonds is 6. The number of carbonyl (C=O) groups excluding carboxylic acids is 1. The second-order valence-corrected chi connectivity index (χ2v) is 3.65. The van der Waals surface area contributed by atoms with Crippen LogP contribution in [0.1, 0.15) is 25.3 Å². The molecule has 1 rings (SSSR count). The van der Waals surface area contributed by atoms with Crippen LogP contribution in [-0.2, 0) is 6.42 Å². The van der Waals surface area contributed by atoms with E-state index in [2.05, 4.69) is 15.6 Å². The molecule has 0 aliphatic carbocycles. The van der Waals surface area contributed by atoms with Gasteiger partial charge in [-0.2, -0.15) is 0 Å². The van der Waals surface area contributed by atoms with Crippen LogP contribution in [0.2, 0.25) is 0 Å². The summed E-state index contributed by atoms with van der Waals surface area (Å²) in [7, 11) is 0. The predicted octanol–water partition coefficient (Wildman–Crippen LogP) is 1.72. The van der Waals surface area contributed by atoms with E-state index in [4.69, 9.17) is 0 Å². The summed E-state index contributed by atoms with van der Waals surface area (Å²) in [6.07, 6.45) is 6.47. The van der Waals surface area contributed by atoms with Crippen molar-refractivity contribution in [1.29, 1.82) is 0 Å². The summed E-state index contributed by atoms with van der Waals surface area (Å²) in [5.74, 6) is 0. The van der Waals surface area contributed by atoms with Gasteiger partial charge in [0.2, 0.25) is 0 Å². The highest BCUT2D eigenvalue weighted by molar-refractivity contribution is 5.73. The highest BCUT2D eigenvalue weighted by Crippen LogP contribution is 1.98. The van der Waals surface area contributed by atoms with Crippen molar-refractivity contribution in [2.45, 2.75) is 26.2 Å². The Bertz CT molecular complexity index is 300. The highest BCUT2D eigenvalue weighted by atomic mass is 16.2. The lowest BCUT2D eigenvalue weighted by atomic mass is 10.1. The molecule has 0 spiro atoms. The average molecular weight is 221 g/mol. The minimum atomic E-state index is -0.0759. The number of aromatic nitrogens is 1. The van der Waals surface area contributed by atoms with E-state index < -0.39 is 0 Å². The number of pyridine rings is 1. The van der Waals surface area contributed by atoms with Crippen molar-refractivity contribution >= 4 is 6.03 Å². The molecule has 0 unspecified atom stereocenters. The van der Waals surface area contributed by atoms with Gasteiger partial charge >= 0.3 is 6.03 Å². The van der Waals surface area contributed by atoms with Crippen LogP contribution < -0.4 is 10.6 Å². The van der Waals surface area contributed by atoms with Crippen LogP contribution in [0, 0.1) is 0 Å². The molecule has 4 nitrogen and oxygen atoms in total. The number of hydrogen-bond acceptors (Lipinski definition) is 2. The Kier molecular flexibility index (Phi) is 5.99. The maximum Gasteiger partial charge on any atom is 0.314 e. The first-order chi connectivity index (χ1) is 7.83. The van der Waals surface area contributed by atoms with E-state index in [1.807, 2.05) is 25.3 Å². The molecule has 0 bridgehead atoms. The molecule has 0 radical (unpaired) electrons. The van der Waals surface area contributed by atoms with Crippen molar-refractivity contribution in [1.82, 2.24) is 15.6 Å². The minimum Gasteiger partial charge on any atom is -0.338 e. The van der Waals surface area contributed by atoms with E-state index in [1.54, 1.807) is 6.20 Å². The van der Waals surface area contributed by atoms with Gasteiger partial charge in [-0.15, -0.1) is 0 Å². The van der Waals surface area contributed by atoms with E-state index >= 15 is 0 Å². The summed E-state index contributed by atoms with van der Waals surface area (Å²) >= 11 is 0. The molecule has 16 heavy (non-hydrogen) atoms. The average Bonchev–Trinajstić information content (AvgIpc) is 2.33. The fraction of sp³-hybridized carbons (Fsp3) is 0.500. The smallest absolute Gasteiger partial charge is 0.314 e. The van der Waals surface area contributed by atoms with Crippen LogP contribution in [0.15, 0.2) is 24.5 Å². The molecule has 1 aromatic heterocycles. The molecule has 0 saturated carbocycles. The first-order valence-electron chi connectivity index (χ1n) is 5.73. The number of nitrogens with one attached hydrogen (secondary N) is 2. The van der Waals surface area contributed by atoms with E-state index in [9.17, 15) is 4.79 Å². The number of amides is 2. The SMILES string of the molecule is CCCNC(=O)NCCCc1cccnc1. The first-order valence-corrected chi connectivity index (χ1v) is 5.73. The van der Waals surface area contributed by atoms with Gasteiger partial charge in [0.1, 0.15) is 0 Å². The lowest BCUT2D eigenvalue weighted by molar-refractivity contribution is 0.241. The molecule has 0 aliphatic rings. The summed E-state index contributed by atoms with van der Waals surface area (Å²) < 4.78 is 0. The fourth-order valence-electron chi connectivity index (χ4n) is 1.34.